The van der Waals surface area contributed by atoms with E-state index in [1.165, 1.54) is 9.87 Å². The van der Waals surface area contributed by atoms with Gasteiger partial charge in [-0.15, -0.1) is 0 Å². The zero-order chi connectivity index (χ0) is 19.3. The second kappa shape index (κ2) is 8.73. The van der Waals surface area contributed by atoms with Gasteiger partial charge >= 0.3 is 0 Å². The Labute approximate surface area is 160 Å². The van der Waals surface area contributed by atoms with E-state index in [1.54, 1.807) is 24.3 Å². The molecule has 2 aromatic rings. The van der Waals surface area contributed by atoms with Crippen LogP contribution < -0.4 is 9.47 Å². The molecule has 7 heteroatoms. The maximum Gasteiger partial charge on any atom is 0.243 e. The van der Waals surface area contributed by atoms with Crippen LogP contribution in [0.25, 0.3) is 0 Å². The molecule has 3 rings (SSSR count). The fourth-order valence-corrected chi connectivity index (χ4v) is 4.32. The zero-order valence-corrected chi connectivity index (χ0v) is 16.5. The molecule has 146 valence electrons. The molecule has 0 amide bonds. The van der Waals surface area contributed by atoms with Gasteiger partial charge in [-0.3, -0.25) is 0 Å². The van der Waals surface area contributed by atoms with E-state index in [1.807, 2.05) is 26.0 Å². The Morgan fingerprint density at radius 1 is 0.963 bits per heavy atom. The fraction of sp³-hybridized carbons (Fsp3) is 0.400. The molecule has 0 saturated carbocycles. The predicted octanol–water partition coefficient (Wildman–Crippen LogP) is 2.78. The zero-order valence-electron chi connectivity index (χ0n) is 15.7. The molecule has 1 aliphatic heterocycles. The van der Waals surface area contributed by atoms with Gasteiger partial charge in [0, 0.05) is 13.1 Å². The predicted molar refractivity (Wildman–Crippen MR) is 103 cm³/mol. The fourth-order valence-electron chi connectivity index (χ4n) is 2.92. The second-order valence-electron chi connectivity index (χ2n) is 6.45. The van der Waals surface area contributed by atoms with Crippen molar-refractivity contribution in [3.8, 4) is 11.5 Å². The van der Waals surface area contributed by atoms with Crippen LogP contribution >= 0.6 is 0 Å². The Balaban J connectivity index is 1.51. The Morgan fingerprint density at radius 2 is 1.63 bits per heavy atom. The van der Waals surface area contributed by atoms with E-state index in [9.17, 15) is 8.42 Å². The molecule has 0 aliphatic carbocycles. The molecule has 0 spiro atoms. The average molecular weight is 391 g/mol. The number of benzene rings is 2. The van der Waals surface area contributed by atoms with Crippen LogP contribution in [0.3, 0.4) is 0 Å². The normalized spacial score (nSPS) is 15.5. The molecule has 1 fully saturated rings. The van der Waals surface area contributed by atoms with Gasteiger partial charge in [0.2, 0.25) is 10.0 Å². The highest BCUT2D eigenvalue weighted by Crippen LogP contribution is 2.21. The van der Waals surface area contributed by atoms with E-state index in [0.29, 0.717) is 45.3 Å². The first kappa shape index (κ1) is 19.7. The maximum atomic E-state index is 12.6. The number of hydrogen-bond acceptors (Lipinski definition) is 5. The van der Waals surface area contributed by atoms with Crippen LogP contribution in [-0.2, 0) is 14.8 Å². The van der Waals surface area contributed by atoms with E-state index >= 15 is 0 Å². The van der Waals surface area contributed by atoms with Crippen LogP contribution in [0.1, 0.15) is 11.1 Å². The number of aryl methyl sites for hydroxylation is 2. The molecule has 2 aromatic carbocycles. The molecular formula is C20H25NO5S. The number of nitrogens with zero attached hydrogens (tertiary/aromatic N) is 1. The summed E-state index contributed by atoms with van der Waals surface area (Å²) in [5.74, 6) is 1.45. The van der Waals surface area contributed by atoms with Gasteiger partial charge in [-0.2, -0.15) is 4.31 Å². The monoisotopic (exact) mass is 391 g/mol. The van der Waals surface area contributed by atoms with Crippen molar-refractivity contribution in [2.45, 2.75) is 18.7 Å². The first-order valence-electron chi connectivity index (χ1n) is 8.97. The van der Waals surface area contributed by atoms with E-state index in [0.717, 1.165) is 11.3 Å². The van der Waals surface area contributed by atoms with E-state index in [2.05, 4.69) is 6.07 Å². The minimum absolute atomic E-state index is 0.267. The smallest absolute Gasteiger partial charge is 0.243 e. The van der Waals surface area contributed by atoms with Crippen LogP contribution in [0, 0.1) is 13.8 Å². The lowest BCUT2D eigenvalue weighted by atomic mass is 10.1. The van der Waals surface area contributed by atoms with Crippen LogP contribution in [-0.4, -0.2) is 52.2 Å². The average Bonchev–Trinajstić information content (AvgIpc) is 2.68. The third-order valence-electron chi connectivity index (χ3n) is 4.37. The summed E-state index contributed by atoms with van der Waals surface area (Å²) in [5.41, 5.74) is 2.29. The molecule has 1 aliphatic rings. The maximum absolute atomic E-state index is 12.6. The third kappa shape index (κ3) is 5.00. The minimum Gasteiger partial charge on any atom is -0.490 e. The number of morpholine rings is 1. The second-order valence-corrected chi connectivity index (χ2v) is 8.39. The van der Waals surface area contributed by atoms with Crippen molar-refractivity contribution in [2.75, 3.05) is 39.5 Å². The molecule has 6 nitrogen and oxygen atoms in total. The van der Waals surface area contributed by atoms with Gasteiger partial charge < -0.3 is 14.2 Å². The van der Waals surface area contributed by atoms with Crippen LogP contribution in [0.5, 0.6) is 11.5 Å². The number of rotatable bonds is 7. The van der Waals surface area contributed by atoms with Crippen molar-refractivity contribution in [3.63, 3.8) is 0 Å². The van der Waals surface area contributed by atoms with E-state index in [-0.39, 0.29) is 4.90 Å². The molecule has 1 heterocycles. The van der Waals surface area contributed by atoms with Crippen molar-refractivity contribution < 1.29 is 22.6 Å². The summed E-state index contributed by atoms with van der Waals surface area (Å²) >= 11 is 0. The van der Waals surface area contributed by atoms with Crippen LogP contribution in [0.4, 0.5) is 0 Å². The molecule has 0 radical (unpaired) electrons. The Hall–Kier alpha value is -2.09. The Kier molecular flexibility index (Phi) is 6.36. The van der Waals surface area contributed by atoms with Crippen molar-refractivity contribution in [1.29, 1.82) is 0 Å². The first-order chi connectivity index (χ1) is 13.0. The molecule has 0 N–H and O–H groups in total. The van der Waals surface area contributed by atoms with E-state index in [4.69, 9.17) is 14.2 Å². The molecule has 0 atom stereocenters. The quantitative estimate of drug-likeness (QED) is 0.679. The summed E-state index contributed by atoms with van der Waals surface area (Å²) in [7, 11) is -3.48. The number of ether oxygens (including phenoxy) is 3. The van der Waals surface area contributed by atoms with Crippen LogP contribution in [0.2, 0.25) is 0 Å². The molecule has 0 unspecified atom stereocenters. The lowest BCUT2D eigenvalue weighted by Crippen LogP contribution is -2.40. The number of sulfonamides is 1. The van der Waals surface area contributed by atoms with Gasteiger partial charge in [0.25, 0.3) is 0 Å². The van der Waals surface area contributed by atoms with E-state index < -0.39 is 10.0 Å². The summed E-state index contributed by atoms with van der Waals surface area (Å²) in [5, 5.41) is 0. The van der Waals surface area contributed by atoms with Gasteiger partial charge in [-0.1, -0.05) is 17.7 Å². The third-order valence-corrected chi connectivity index (χ3v) is 6.28. The molecule has 0 aromatic heterocycles. The van der Waals surface area contributed by atoms with Crippen molar-refractivity contribution >= 4 is 10.0 Å². The summed E-state index contributed by atoms with van der Waals surface area (Å²) in [4.78, 5) is 0.267. The lowest BCUT2D eigenvalue weighted by molar-refractivity contribution is 0.0730. The van der Waals surface area contributed by atoms with Gasteiger partial charge in [0.15, 0.2) is 0 Å². The lowest BCUT2D eigenvalue weighted by Gasteiger charge is -2.26. The highest BCUT2D eigenvalue weighted by atomic mass is 32.2. The van der Waals surface area contributed by atoms with Crippen molar-refractivity contribution in [3.05, 3.63) is 53.6 Å². The standard InChI is InChI=1S/C20H25NO5S/c1-16-3-8-20(17(2)15-16)26-14-13-25-18-4-6-19(7-5-18)27(22,23)21-9-11-24-12-10-21/h3-8,15H,9-14H2,1-2H3. The van der Waals surface area contributed by atoms with Gasteiger partial charge in [-0.25, -0.2) is 8.42 Å². The van der Waals surface area contributed by atoms with Crippen molar-refractivity contribution in [2.24, 2.45) is 0 Å². The molecule has 0 bridgehead atoms. The topological polar surface area (TPSA) is 65.1 Å². The van der Waals surface area contributed by atoms with Gasteiger partial charge in [0.1, 0.15) is 24.7 Å². The molecular weight excluding hydrogens is 366 g/mol. The molecule has 1 saturated heterocycles. The summed E-state index contributed by atoms with van der Waals surface area (Å²) in [6.07, 6.45) is 0. The summed E-state index contributed by atoms with van der Waals surface area (Å²) in [6, 6.07) is 12.5. The minimum atomic E-state index is -3.48. The first-order valence-corrected chi connectivity index (χ1v) is 10.4. The van der Waals surface area contributed by atoms with Gasteiger partial charge in [-0.05, 0) is 49.7 Å². The summed E-state index contributed by atoms with van der Waals surface area (Å²) < 4.78 is 43.2. The Bertz CT molecular complexity index is 858. The van der Waals surface area contributed by atoms with Crippen LogP contribution in [0.15, 0.2) is 47.4 Å². The molecule has 27 heavy (non-hydrogen) atoms. The van der Waals surface area contributed by atoms with Crippen molar-refractivity contribution in [1.82, 2.24) is 4.31 Å². The largest absolute Gasteiger partial charge is 0.490 e. The highest BCUT2D eigenvalue weighted by molar-refractivity contribution is 7.89. The highest BCUT2D eigenvalue weighted by Gasteiger charge is 2.26. The summed E-state index contributed by atoms with van der Waals surface area (Å²) in [6.45, 7) is 6.48. The van der Waals surface area contributed by atoms with Gasteiger partial charge in [0.05, 0.1) is 18.1 Å². The SMILES string of the molecule is Cc1ccc(OCCOc2ccc(S(=O)(=O)N3CCOCC3)cc2)c(C)c1. The number of hydrogen-bond donors (Lipinski definition) is 0. The Morgan fingerprint density at radius 3 is 2.30 bits per heavy atom.